The lowest BCUT2D eigenvalue weighted by molar-refractivity contribution is 0.0308. The first kappa shape index (κ1) is 8.31. The summed E-state index contributed by atoms with van der Waals surface area (Å²) in [5.74, 6) is -0.106. The van der Waals surface area contributed by atoms with Crippen LogP contribution in [0.15, 0.2) is 22.8 Å². The molecule has 13 heavy (non-hydrogen) atoms. The molecule has 0 aromatic carbocycles. The van der Waals surface area contributed by atoms with Crippen LogP contribution in [0.2, 0.25) is 0 Å². The lowest BCUT2D eigenvalue weighted by Crippen LogP contribution is -2.20. The summed E-state index contributed by atoms with van der Waals surface area (Å²) in [7, 11) is 0. The van der Waals surface area contributed by atoms with E-state index in [9.17, 15) is 4.79 Å². The maximum atomic E-state index is 11.3. The molecule has 0 bridgehead atoms. The molecule has 0 spiro atoms. The lowest BCUT2D eigenvalue weighted by Gasteiger charge is -2.08. The Kier molecular flexibility index (Phi) is 2.31. The lowest BCUT2D eigenvalue weighted by atomic mass is 10.3. The van der Waals surface area contributed by atoms with Crippen molar-refractivity contribution in [2.24, 2.45) is 0 Å². The normalized spacial score (nSPS) is 21.7. The van der Waals surface area contributed by atoms with Crippen LogP contribution in [0.1, 0.15) is 17.0 Å². The van der Waals surface area contributed by atoms with Crippen molar-refractivity contribution in [1.29, 1.82) is 0 Å². The molecular formula is C9H11NO3. The van der Waals surface area contributed by atoms with Crippen LogP contribution in [0, 0.1) is 0 Å². The second-order valence-corrected chi connectivity index (χ2v) is 3.00. The van der Waals surface area contributed by atoms with Gasteiger partial charge in [-0.25, -0.2) is 4.79 Å². The van der Waals surface area contributed by atoms with Crippen molar-refractivity contribution in [1.82, 2.24) is 5.32 Å². The van der Waals surface area contributed by atoms with Crippen LogP contribution in [0.25, 0.3) is 0 Å². The van der Waals surface area contributed by atoms with Crippen LogP contribution in [-0.4, -0.2) is 25.2 Å². The van der Waals surface area contributed by atoms with Gasteiger partial charge in [-0.2, -0.15) is 0 Å². The monoisotopic (exact) mass is 181 g/mol. The maximum Gasteiger partial charge on any atom is 0.374 e. The first-order chi connectivity index (χ1) is 6.36. The number of carbonyl (C=O) groups excluding carboxylic acids is 1. The zero-order valence-corrected chi connectivity index (χ0v) is 7.16. The molecule has 1 aromatic rings. The van der Waals surface area contributed by atoms with E-state index in [0.29, 0.717) is 0 Å². The highest BCUT2D eigenvalue weighted by molar-refractivity contribution is 5.86. The van der Waals surface area contributed by atoms with Gasteiger partial charge in [0.25, 0.3) is 0 Å². The molecule has 1 aliphatic rings. The molecule has 0 radical (unpaired) electrons. The van der Waals surface area contributed by atoms with Crippen molar-refractivity contribution in [3.8, 4) is 0 Å². The second kappa shape index (κ2) is 3.62. The summed E-state index contributed by atoms with van der Waals surface area (Å²) in [6.45, 7) is 1.66. The van der Waals surface area contributed by atoms with E-state index in [-0.39, 0.29) is 17.8 Å². The topological polar surface area (TPSA) is 51.5 Å². The minimum Gasteiger partial charge on any atom is -0.457 e. The number of ether oxygens (including phenoxy) is 1. The molecule has 0 amide bonds. The Morgan fingerprint density at radius 2 is 2.62 bits per heavy atom. The van der Waals surface area contributed by atoms with Gasteiger partial charge in [-0.3, -0.25) is 0 Å². The third-order valence-corrected chi connectivity index (χ3v) is 2.01. The minimum absolute atomic E-state index is 0.00222. The molecule has 2 heterocycles. The van der Waals surface area contributed by atoms with Gasteiger partial charge in [0.05, 0.1) is 6.26 Å². The molecular weight excluding hydrogens is 170 g/mol. The molecule has 1 aromatic heterocycles. The van der Waals surface area contributed by atoms with Crippen molar-refractivity contribution in [3.63, 3.8) is 0 Å². The largest absolute Gasteiger partial charge is 0.457 e. The zero-order chi connectivity index (χ0) is 9.10. The van der Waals surface area contributed by atoms with Gasteiger partial charge in [-0.1, -0.05) is 0 Å². The standard InChI is InChI=1S/C9H11NO3/c11-9(8-2-1-5-12-8)13-7-3-4-10-6-7/h1-2,5,7,10H,3-4,6H2. The number of nitrogens with one attached hydrogen (secondary N) is 1. The molecule has 4 heteroatoms. The SMILES string of the molecule is O=C(OC1CCNC1)c1ccco1. The highest BCUT2D eigenvalue weighted by Crippen LogP contribution is 2.08. The summed E-state index contributed by atoms with van der Waals surface area (Å²) in [5.41, 5.74) is 0. The summed E-state index contributed by atoms with van der Waals surface area (Å²) in [4.78, 5) is 11.3. The Morgan fingerprint density at radius 1 is 1.69 bits per heavy atom. The van der Waals surface area contributed by atoms with E-state index in [4.69, 9.17) is 9.15 Å². The van der Waals surface area contributed by atoms with Crippen LogP contribution >= 0.6 is 0 Å². The highest BCUT2D eigenvalue weighted by Gasteiger charge is 2.20. The fourth-order valence-corrected chi connectivity index (χ4v) is 1.33. The van der Waals surface area contributed by atoms with Gasteiger partial charge in [0.1, 0.15) is 6.10 Å². The highest BCUT2D eigenvalue weighted by atomic mass is 16.6. The van der Waals surface area contributed by atoms with Crippen molar-refractivity contribution >= 4 is 5.97 Å². The summed E-state index contributed by atoms with van der Waals surface area (Å²) in [6.07, 6.45) is 2.34. The van der Waals surface area contributed by atoms with E-state index in [1.54, 1.807) is 12.1 Å². The van der Waals surface area contributed by atoms with Crippen LogP contribution in [-0.2, 0) is 4.74 Å². The summed E-state index contributed by atoms with van der Waals surface area (Å²) in [5, 5.41) is 3.12. The molecule has 1 saturated heterocycles. The van der Waals surface area contributed by atoms with E-state index < -0.39 is 0 Å². The molecule has 1 aliphatic heterocycles. The predicted molar refractivity (Wildman–Crippen MR) is 45.4 cm³/mol. The van der Waals surface area contributed by atoms with Crippen molar-refractivity contribution in [2.75, 3.05) is 13.1 Å². The number of furan rings is 1. The third kappa shape index (κ3) is 1.89. The van der Waals surface area contributed by atoms with Crippen molar-refractivity contribution < 1.29 is 13.9 Å². The minimum atomic E-state index is -0.376. The van der Waals surface area contributed by atoms with Gasteiger partial charge in [0.15, 0.2) is 0 Å². The Hall–Kier alpha value is -1.29. The van der Waals surface area contributed by atoms with Gasteiger partial charge >= 0.3 is 5.97 Å². The second-order valence-electron chi connectivity index (χ2n) is 3.00. The zero-order valence-electron chi connectivity index (χ0n) is 7.16. The van der Waals surface area contributed by atoms with E-state index in [2.05, 4.69) is 5.32 Å². The van der Waals surface area contributed by atoms with Crippen LogP contribution in [0.4, 0.5) is 0 Å². The van der Waals surface area contributed by atoms with Crippen LogP contribution in [0.5, 0.6) is 0 Å². The van der Waals surface area contributed by atoms with E-state index in [1.807, 2.05) is 0 Å². The summed E-state index contributed by atoms with van der Waals surface area (Å²) in [6, 6.07) is 3.27. The Morgan fingerprint density at radius 3 is 3.23 bits per heavy atom. The average Bonchev–Trinajstić information content (AvgIpc) is 2.74. The Bertz CT molecular complexity index is 275. The number of hydrogen-bond acceptors (Lipinski definition) is 4. The Labute approximate surface area is 75.9 Å². The number of hydrogen-bond donors (Lipinski definition) is 1. The maximum absolute atomic E-state index is 11.3. The number of carbonyl (C=O) groups is 1. The van der Waals surface area contributed by atoms with Crippen LogP contribution in [0.3, 0.4) is 0 Å². The van der Waals surface area contributed by atoms with Gasteiger partial charge < -0.3 is 14.5 Å². The molecule has 1 unspecified atom stereocenters. The van der Waals surface area contributed by atoms with E-state index in [0.717, 1.165) is 19.5 Å². The predicted octanol–water partition coefficient (Wildman–Crippen LogP) is 0.798. The third-order valence-electron chi connectivity index (χ3n) is 2.01. The van der Waals surface area contributed by atoms with Gasteiger partial charge in [0.2, 0.25) is 5.76 Å². The number of esters is 1. The fourth-order valence-electron chi connectivity index (χ4n) is 1.33. The summed E-state index contributed by atoms with van der Waals surface area (Å²) >= 11 is 0. The summed E-state index contributed by atoms with van der Waals surface area (Å²) < 4.78 is 10.1. The molecule has 0 saturated carbocycles. The fraction of sp³-hybridized carbons (Fsp3) is 0.444. The molecule has 1 N–H and O–H groups in total. The first-order valence-corrected chi connectivity index (χ1v) is 4.31. The first-order valence-electron chi connectivity index (χ1n) is 4.31. The van der Waals surface area contributed by atoms with Crippen molar-refractivity contribution in [2.45, 2.75) is 12.5 Å². The molecule has 1 fully saturated rings. The molecule has 0 aliphatic carbocycles. The molecule has 4 nitrogen and oxygen atoms in total. The van der Waals surface area contributed by atoms with Crippen molar-refractivity contribution in [3.05, 3.63) is 24.2 Å². The van der Waals surface area contributed by atoms with E-state index >= 15 is 0 Å². The quantitative estimate of drug-likeness (QED) is 0.685. The van der Waals surface area contributed by atoms with Gasteiger partial charge in [0, 0.05) is 6.54 Å². The number of rotatable bonds is 2. The molecule has 70 valence electrons. The van der Waals surface area contributed by atoms with Gasteiger partial charge in [-0.15, -0.1) is 0 Å². The molecule has 1 atom stereocenters. The van der Waals surface area contributed by atoms with Crippen LogP contribution < -0.4 is 5.32 Å². The van der Waals surface area contributed by atoms with E-state index in [1.165, 1.54) is 6.26 Å². The van der Waals surface area contributed by atoms with Gasteiger partial charge in [-0.05, 0) is 25.1 Å². The average molecular weight is 181 g/mol. The Balaban J connectivity index is 1.91. The smallest absolute Gasteiger partial charge is 0.374 e. The molecule has 2 rings (SSSR count).